The highest BCUT2D eigenvalue weighted by Gasteiger charge is 2.20. The van der Waals surface area contributed by atoms with Gasteiger partial charge in [-0.1, -0.05) is 11.8 Å². The fraction of sp³-hybridized carbons (Fsp3) is 0.263. The van der Waals surface area contributed by atoms with E-state index in [-0.39, 0.29) is 28.7 Å². The van der Waals surface area contributed by atoms with Crippen molar-refractivity contribution >= 4 is 29.3 Å². The summed E-state index contributed by atoms with van der Waals surface area (Å²) in [5, 5.41) is 12.1. The van der Waals surface area contributed by atoms with Crippen LogP contribution in [-0.2, 0) is 14.3 Å². The standard InChI is InChI=1S/C19H17N3O6S/c1-10-5-16(23)22-19(13(10)7-20)29-8-17(24)28-11(2)18(25)21-12-3-4-14-15(6-12)27-9-26-14/h3-6,11H,8-9H2,1-2H3,(H,21,25)(H,22,23)/t11-/m1/s1. The van der Waals surface area contributed by atoms with Crippen molar-refractivity contribution in [3.63, 3.8) is 0 Å². The predicted octanol–water partition coefficient (Wildman–Crippen LogP) is 1.95. The molecule has 0 bridgehead atoms. The highest BCUT2D eigenvalue weighted by Crippen LogP contribution is 2.34. The second-order valence-electron chi connectivity index (χ2n) is 6.11. The first-order valence-corrected chi connectivity index (χ1v) is 9.52. The molecule has 9 nitrogen and oxygen atoms in total. The van der Waals surface area contributed by atoms with Crippen LogP contribution in [0.15, 0.2) is 34.1 Å². The number of aromatic nitrogens is 1. The summed E-state index contributed by atoms with van der Waals surface area (Å²) in [5.74, 6) is -0.233. The van der Waals surface area contributed by atoms with Crippen molar-refractivity contribution in [1.29, 1.82) is 5.26 Å². The zero-order valence-electron chi connectivity index (χ0n) is 15.6. The van der Waals surface area contributed by atoms with Gasteiger partial charge in [0.2, 0.25) is 12.4 Å². The number of fused-ring (bicyclic) bond motifs is 1. The number of pyridine rings is 1. The number of rotatable bonds is 6. The van der Waals surface area contributed by atoms with Gasteiger partial charge in [-0.15, -0.1) is 0 Å². The van der Waals surface area contributed by atoms with Gasteiger partial charge in [0.25, 0.3) is 5.91 Å². The summed E-state index contributed by atoms with van der Waals surface area (Å²) in [6, 6.07) is 8.23. The van der Waals surface area contributed by atoms with Crippen molar-refractivity contribution in [2.45, 2.75) is 25.0 Å². The fourth-order valence-corrected chi connectivity index (χ4v) is 3.39. The number of hydrogen-bond acceptors (Lipinski definition) is 8. The molecule has 1 atom stereocenters. The molecule has 29 heavy (non-hydrogen) atoms. The number of benzene rings is 1. The van der Waals surface area contributed by atoms with Gasteiger partial charge >= 0.3 is 5.97 Å². The summed E-state index contributed by atoms with van der Waals surface area (Å²) >= 11 is 0.964. The number of anilines is 1. The Morgan fingerprint density at radius 1 is 1.34 bits per heavy atom. The van der Waals surface area contributed by atoms with E-state index >= 15 is 0 Å². The highest BCUT2D eigenvalue weighted by molar-refractivity contribution is 7.99. The molecule has 150 valence electrons. The number of H-pyrrole nitrogens is 1. The van der Waals surface area contributed by atoms with E-state index in [4.69, 9.17) is 14.2 Å². The van der Waals surface area contributed by atoms with Gasteiger partial charge in [0, 0.05) is 17.8 Å². The third kappa shape index (κ3) is 4.89. The molecule has 2 heterocycles. The maximum atomic E-state index is 12.3. The molecule has 0 fully saturated rings. The Bertz CT molecular complexity index is 1060. The van der Waals surface area contributed by atoms with E-state index in [9.17, 15) is 19.6 Å². The monoisotopic (exact) mass is 415 g/mol. The third-order valence-corrected chi connectivity index (χ3v) is 4.94. The van der Waals surface area contributed by atoms with Crippen molar-refractivity contribution in [1.82, 2.24) is 4.98 Å². The summed E-state index contributed by atoms with van der Waals surface area (Å²) < 4.78 is 15.6. The highest BCUT2D eigenvalue weighted by atomic mass is 32.2. The number of carbonyl (C=O) groups is 2. The topological polar surface area (TPSA) is 131 Å². The summed E-state index contributed by atoms with van der Waals surface area (Å²) in [4.78, 5) is 38.4. The molecule has 3 rings (SSSR count). The Morgan fingerprint density at radius 3 is 2.86 bits per heavy atom. The van der Waals surface area contributed by atoms with Crippen LogP contribution in [0.3, 0.4) is 0 Å². The molecule has 2 aromatic rings. The molecule has 0 spiro atoms. The van der Waals surface area contributed by atoms with Crippen LogP contribution in [-0.4, -0.2) is 35.5 Å². The molecule has 1 aromatic heterocycles. The van der Waals surface area contributed by atoms with E-state index in [2.05, 4.69) is 10.3 Å². The Hall–Kier alpha value is -3.45. The predicted molar refractivity (Wildman–Crippen MR) is 104 cm³/mol. The van der Waals surface area contributed by atoms with Crippen LogP contribution in [0.2, 0.25) is 0 Å². The quantitative estimate of drug-likeness (QED) is 0.541. The van der Waals surface area contributed by atoms with E-state index in [1.807, 2.05) is 6.07 Å². The zero-order chi connectivity index (χ0) is 21.0. The Kier molecular flexibility index (Phi) is 6.09. The zero-order valence-corrected chi connectivity index (χ0v) is 16.4. The molecule has 0 unspecified atom stereocenters. The van der Waals surface area contributed by atoms with Crippen molar-refractivity contribution in [3.05, 3.63) is 45.7 Å². The van der Waals surface area contributed by atoms with E-state index in [1.54, 1.807) is 25.1 Å². The first-order chi connectivity index (χ1) is 13.9. The molecule has 0 saturated heterocycles. The van der Waals surface area contributed by atoms with Crippen molar-refractivity contribution in [2.75, 3.05) is 17.9 Å². The minimum Gasteiger partial charge on any atom is -0.454 e. The minimum atomic E-state index is -1.04. The lowest BCUT2D eigenvalue weighted by atomic mass is 10.2. The molecule has 1 amide bonds. The first kappa shape index (κ1) is 20.3. The van der Waals surface area contributed by atoms with Crippen molar-refractivity contribution in [2.24, 2.45) is 0 Å². The number of nitrogens with zero attached hydrogens (tertiary/aromatic N) is 1. The van der Waals surface area contributed by atoms with E-state index in [0.29, 0.717) is 22.7 Å². The Morgan fingerprint density at radius 2 is 2.10 bits per heavy atom. The number of hydrogen-bond donors (Lipinski definition) is 2. The van der Waals surface area contributed by atoms with Crippen molar-refractivity contribution < 1.29 is 23.8 Å². The first-order valence-electron chi connectivity index (χ1n) is 8.54. The molecule has 0 saturated carbocycles. The van der Waals surface area contributed by atoms with Crippen LogP contribution >= 0.6 is 11.8 Å². The van der Waals surface area contributed by atoms with E-state index < -0.39 is 18.0 Å². The summed E-state index contributed by atoms with van der Waals surface area (Å²) in [7, 11) is 0. The largest absolute Gasteiger partial charge is 0.454 e. The molecule has 1 aliphatic heterocycles. The van der Waals surface area contributed by atoms with Crippen LogP contribution in [0.1, 0.15) is 18.1 Å². The number of amides is 1. The number of nitrogens with one attached hydrogen (secondary N) is 2. The number of nitriles is 1. The number of thioether (sulfide) groups is 1. The van der Waals surface area contributed by atoms with Crippen LogP contribution in [0.25, 0.3) is 0 Å². The Labute approximate surface area is 170 Å². The summed E-state index contributed by atoms with van der Waals surface area (Å²) in [6.45, 7) is 3.21. The maximum absolute atomic E-state index is 12.3. The SMILES string of the molecule is Cc1cc(=O)[nH]c(SCC(=O)O[C@H](C)C(=O)Nc2ccc3c(c2)OCO3)c1C#N. The molecule has 1 aromatic carbocycles. The van der Waals surface area contributed by atoms with Gasteiger partial charge in [0.15, 0.2) is 17.6 Å². The third-order valence-electron chi connectivity index (χ3n) is 3.97. The van der Waals surface area contributed by atoms with Gasteiger partial charge < -0.3 is 24.5 Å². The number of esters is 1. The smallest absolute Gasteiger partial charge is 0.317 e. The molecule has 0 aliphatic carbocycles. The number of ether oxygens (including phenoxy) is 3. The molecule has 10 heteroatoms. The van der Waals surface area contributed by atoms with Crippen LogP contribution in [0.5, 0.6) is 11.5 Å². The van der Waals surface area contributed by atoms with E-state index in [0.717, 1.165) is 11.8 Å². The molecule has 1 aliphatic rings. The summed E-state index contributed by atoms with van der Waals surface area (Å²) in [5.41, 5.74) is 0.918. The van der Waals surface area contributed by atoms with Gasteiger partial charge in [-0.05, 0) is 31.5 Å². The molecular formula is C19H17N3O6S. The Balaban J connectivity index is 1.55. The van der Waals surface area contributed by atoms with Gasteiger partial charge in [0.1, 0.15) is 6.07 Å². The van der Waals surface area contributed by atoms with Gasteiger partial charge in [0.05, 0.1) is 16.3 Å². The van der Waals surface area contributed by atoms with Gasteiger partial charge in [-0.2, -0.15) is 5.26 Å². The second kappa shape index (κ2) is 8.70. The van der Waals surface area contributed by atoms with Gasteiger partial charge in [-0.3, -0.25) is 14.4 Å². The minimum absolute atomic E-state index is 0.123. The van der Waals surface area contributed by atoms with E-state index in [1.165, 1.54) is 13.0 Å². The lowest BCUT2D eigenvalue weighted by molar-refractivity contribution is -0.150. The average Bonchev–Trinajstić information content (AvgIpc) is 3.13. The molecular weight excluding hydrogens is 398 g/mol. The average molecular weight is 415 g/mol. The maximum Gasteiger partial charge on any atom is 0.317 e. The van der Waals surface area contributed by atoms with Crippen LogP contribution in [0, 0.1) is 18.3 Å². The van der Waals surface area contributed by atoms with Crippen molar-refractivity contribution in [3.8, 4) is 17.6 Å². The number of aryl methyl sites for hydroxylation is 1. The lowest BCUT2D eigenvalue weighted by Crippen LogP contribution is -2.30. The van der Waals surface area contributed by atoms with Crippen LogP contribution in [0.4, 0.5) is 5.69 Å². The fourth-order valence-electron chi connectivity index (χ4n) is 2.54. The molecule has 2 N–H and O–H groups in total. The summed E-state index contributed by atoms with van der Waals surface area (Å²) in [6.07, 6.45) is -1.04. The van der Waals surface area contributed by atoms with Crippen LogP contribution < -0.4 is 20.3 Å². The number of aromatic amines is 1. The normalized spacial score (nSPS) is 12.7. The van der Waals surface area contributed by atoms with Gasteiger partial charge in [-0.25, -0.2) is 0 Å². The molecule has 0 radical (unpaired) electrons. The number of carbonyl (C=O) groups excluding carboxylic acids is 2. The second-order valence-corrected chi connectivity index (χ2v) is 7.10. The lowest BCUT2D eigenvalue weighted by Gasteiger charge is -2.14.